The number of carbonyl (C=O) groups excluding carboxylic acids is 4. The number of nitrogens with zero attached hydrogens (tertiary/aromatic N) is 2. The fourth-order valence-electron chi connectivity index (χ4n) is 2.63. The van der Waals surface area contributed by atoms with E-state index >= 15 is 0 Å². The van der Waals surface area contributed by atoms with Crippen LogP contribution in [0, 0.1) is 0 Å². The smallest absolute Gasteiger partial charge is 0.308 e. The van der Waals surface area contributed by atoms with Crippen LogP contribution in [-0.4, -0.2) is 65.7 Å². The third-order valence-corrected chi connectivity index (χ3v) is 4.88. The van der Waals surface area contributed by atoms with E-state index in [1.807, 2.05) is 0 Å². The van der Waals surface area contributed by atoms with Gasteiger partial charge in [0.25, 0.3) is 11.1 Å². The summed E-state index contributed by atoms with van der Waals surface area (Å²) in [5.41, 5.74) is 0.677. The van der Waals surface area contributed by atoms with E-state index in [0.29, 0.717) is 37.6 Å². The molecule has 3 amide bonds. The molecule has 0 saturated carbocycles. The molecule has 142 valence electrons. The second-order valence-corrected chi connectivity index (χ2v) is 6.92. The van der Waals surface area contributed by atoms with Gasteiger partial charge >= 0.3 is 5.97 Å². The largest absolute Gasteiger partial charge is 0.427 e. The van der Waals surface area contributed by atoms with Crippen LogP contribution in [-0.2, 0) is 19.1 Å². The summed E-state index contributed by atoms with van der Waals surface area (Å²) in [7, 11) is 0. The zero-order valence-electron chi connectivity index (χ0n) is 14.7. The predicted molar refractivity (Wildman–Crippen MR) is 97.8 cm³/mol. The number of benzene rings is 1. The molecule has 8 nitrogen and oxygen atoms in total. The second kappa shape index (κ2) is 8.36. The maximum atomic E-state index is 12.5. The Morgan fingerprint density at radius 3 is 2.48 bits per heavy atom. The van der Waals surface area contributed by atoms with Gasteiger partial charge in [-0.2, -0.15) is 0 Å². The highest BCUT2D eigenvalue weighted by atomic mass is 32.2. The molecule has 0 N–H and O–H groups in total. The summed E-state index contributed by atoms with van der Waals surface area (Å²) in [6, 6.07) is 6.54. The predicted octanol–water partition coefficient (Wildman–Crippen LogP) is 1.51. The fourth-order valence-corrected chi connectivity index (χ4v) is 3.47. The average Bonchev–Trinajstić information content (AvgIpc) is 2.91. The highest BCUT2D eigenvalue weighted by Crippen LogP contribution is 2.32. The van der Waals surface area contributed by atoms with Crippen LogP contribution >= 0.6 is 11.8 Å². The number of hydrogen-bond donors (Lipinski definition) is 0. The van der Waals surface area contributed by atoms with Crippen LogP contribution in [0.2, 0.25) is 0 Å². The SMILES string of the molecule is CC(=O)Oc1ccc(/C=C2/SC(=O)N(CC(=O)N3CCOCC3)C2=O)cc1. The minimum absolute atomic E-state index is 0.245. The lowest BCUT2D eigenvalue weighted by Gasteiger charge is -2.28. The van der Waals surface area contributed by atoms with E-state index in [-0.39, 0.29) is 17.4 Å². The van der Waals surface area contributed by atoms with E-state index in [1.54, 1.807) is 35.2 Å². The molecular formula is C18H18N2O6S. The summed E-state index contributed by atoms with van der Waals surface area (Å²) >= 11 is 0.798. The number of hydrogen-bond acceptors (Lipinski definition) is 7. The van der Waals surface area contributed by atoms with Gasteiger partial charge in [0.1, 0.15) is 12.3 Å². The first-order chi connectivity index (χ1) is 12.9. The number of rotatable bonds is 4. The van der Waals surface area contributed by atoms with Crippen LogP contribution in [0.1, 0.15) is 12.5 Å². The Morgan fingerprint density at radius 1 is 1.19 bits per heavy atom. The molecule has 3 rings (SSSR count). The van der Waals surface area contributed by atoms with E-state index in [9.17, 15) is 19.2 Å². The fraction of sp³-hybridized carbons (Fsp3) is 0.333. The molecule has 27 heavy (non-hydrogen) atoms. The second-order valence-electron chi connectivity index (χ2n) is 5.92. The minimum atomic E-state index is -0.490. The molecule has 2 aliphatic rings. The monoisotopic (exact) mass is 390 g/mol. The number of morpholine rings is 1. The van der Waals surface area contributed by atoms with Gasteiger partial charge in [-0.15, -0.1) is 0 Å². The number of ether oxygens (including phenoxy) is 2. The number of thioether (sulfide) groups is 1. The standard InChI is InChI=1S/C18H18N2O6S/c1-12(21)26-14-4-2-13(3-5-14)10-15-17(23)20(18(24)27-15)11-16(22)19-6-8-25-9-7-19/h2-5,10H,6-9,11H2,1H3/b15-10+. The molecule has 9 heteroatoms. The van der Waals surface area contributed by atoms with Crippen LogP contribution < -0.4 is 4.74 Å². The van der Waals surface area contributed by atoms with Gasteiger partial charge in [0.05, 0.1) is 18.1 Å². The first-order valence-electron chi connectivity index (χ1n) is 8.33. The van der Waals surface area contributed by atoms with E-state index in [0.717, 1.165) is 16.7 Å². The van der Waals surface area contributed by atoms with Crippen molar-refractivity contribution in [1.82, 2.24) is 9.80 Å². The summed E-state index contributed by atoms with van der Waals surface area (Å²) < 4.78 is 10.1. The van der Waals surface area contributed by atoms with Crippen molar-refractivity contribution >= 4 is 40.9 Å². The van der Waals surface area contributed by atoms with Crippen molar-refractivity contribution in [2.24, 2.45) is 0 Å². The lowest BCUT2D eigenvalue weighted by Crippen LogP contribution is -2.46. The Labute approximate surface area is 160 Å². The van der Waals surface area contributed by atoms with Crippen molar-refractivity contribution < 1.29 is 28.7 Å². The van der Waals surface area contributed by atoms with Gasteiger partial charge in [0.15, 0.2) is 0 Å². The molecule has 1 aromatic carbocycles. The summed E-state index contributed by atoms with van der Waals surface area (Å²) in [6.07, 6.45) is 1.57. The molecule has 0 bridgehead atoms. The Balaban J connectivity index is 1.66. The molecule has 0 aliphatic carbocycles. The Hall–Kier alpha value is -2.65. The number of esters is 1. The van der Waals surface area contributed by atoms with Crippen LogP contribution in [0.5, 0.6) is 5.75 Å². The van der Waals surface area contributed by atoms with E-state index < -0.39 is 17.1 Å². The summed E-state index contributed by atoms with van der Waals surface area (Å²) in [5, 5.41) is -0.468. The van der Waals surface area contributed by atoms with Crippen molar-refractivity contribution in [2.45, 2.75) is 6.92 Å². The number of imide groups is 1. The molecule has 0 unspecified atom stereocenters. The molecule has 2 heterocycles. The van der Waals surface area contributed by atoms with Crippen molar-refractivity contribution in [3.05, 3.63) is 34.7 Å². The van der Waals surface area contributed by atoms with Crippen molar-refractivity contribution in [3.8, 4) is 5.75 Å². The van der Waals surface area contributed by atoms with Gasteiger partial charge in [-0.3, -0.25) is 24.1 Å². The van der Waals surface area contributed by atoms with Crippen molar-refractivity contribution in [1.29, 1.82) is 0 Å². The summed E-state index contributed by atoms with van der Waals surface area (Å²) in [6.45, 7) is 2.86. The molecule has 0 aromatic heterocycles. The van der Waals surface area contributed by atoms with Crippen molar-refractivity contribution in [2.75, 3.05) is 32.8 Å². The van der Waals surface area contributed by atoms with Crippen LogP contribution in [0.15, 0.2) is 29.2 Å². The molecule has 2 saturated heterocycles. The molecule has 2 aliphatic heterocycles. The van der Waals surface area contributed by atoms with Gasteiger partial charge in [-0.05, 0) is 35.5 Å². The van der Waals surface area contributed by atoms with E-state index in [4.69, 9.17) is 9.47 Å². The van der Waals surface area contributed by atoms with Crippen LogP contribution in [0.25, 0.3) is 6.08 Å². The van der Waals surface area contributed by atoms with Gasteiger partial charge in [0, 0.05) is 20.0 Å². The maximum absolute atomic E-state index is 12.5. The molecule has 1 aromatic rings. The third kappa shape index (κ3) is 4.75. The lowest BCUT2D eigenvalue weighted by atomic mass is 10.2. The Bertz CT molecular complexity index is 799. The summed E-state index contributed by atoms with van der Waals surface area (Å²) in [5.74, 6) is -0.791. The molecular weight excluding hydrogens is 372 g/mol. The highest BCUT2D eigenvalue weighted by Gasteiger charge is 2.37. The zero-order valence-corrected chi connectivity index (χ0v) is 15.5. The quantitative estimate of drug-likeness (QED) is 0.437. The van der Waals surface area contributed by atoms with Gasteiger partial charge in [-0.1, -0.05) is 12.1 Å². The maximum Gasteiger partial charge on any atom is 0.308 e. The first-order valence-corrected chi connectivity index (χ1v) is 9.15. The number of amides is 3. The third-order valence-electron chi connectivity index (χ3n) is 3.97. The van der Waals surface area contributed by atoms with E-state index in [2.05, 4.69) is 0 Å². The topological polar surface area (TPSA) is 93.2 Å². The molecule has 0 spiro atoms. The Morgan fingerprint density at radius 2 is 1.85 bits per heavy atom. The normalized spacial score (nSPS) is 18.9. The Kier molecular flexibility index (Phi) is 5.92. The van der Waals surface area contributed by atoms with Crippen molar-refractivity contribution in [3.63, 3.8) is 0 Å². The molecule has 0 radical (unpaired) electrons. The zero-order chi connectivity index (χ0) is 19.4. The van der Waals surface area contributed by atoms with Gasteiger partial charge < -0.3 is 14.4 Å². The van der Waals surface area contributed by atoms with E-state index in [1.165, 1.54) is 6.92 Å². The number of carbonyl (C=O) groups is 4. The molecule has 0 atom stereocenters. The lowest BCUT2D eigenvalue weighted by molar-refractivity contribution is -0.139. The summed E-state index contributed by atoms with van der Waals surface area (Å²) in [4.78, 5) is 50.7. The first kappa shape index (κ1) is 19.1. The van der Waals surface area contributed by atoms with Gasteiger partial charge in [0.2, 0.25) is 5.91 Å². The average molecular weight is 390 g/mol. The highest BCUT2D eigenvalue weighted by molar-refractivity contribution is 8.18. The van der Waals surface area contributed by atoms with Crippen LogP contribution in [0.4, 0.5) is 4.79 Å². The minimum Gasteiger partial charge on any atom is -0.427 e. The van der Waals surface area contributed by atoms with Gasteiger partial charge in [-0.25, -0.2) is 0 Å². The molecule has 2 fully saturated rings. The van der Waals surface area contributed by atoms with Crippen LogP contribution in [0.3, 0.4) is 0 Å².